The van der Waals surface area contributed by atoms with Gasteiger partial charge in [-0.3, -0.25) is 4.79 Å². The zero-order chi connectivity index (χ0) is 11.4. The van der Waals surface area contributed by atoms with Crippen LogP contribution in [-0.2, 0) is 16.1 Å². The maximum absolute atomic E-state index is 11.8. The lowest BCUT2D eigenvalue weighted by atomic mass is 9.96. The van der Waals surface area contributed by atoms with Crippen molar-refractivity contribution in [3.8, 4) is 0 Å². The molecule has 16 heavy (non-hydrogen) atoms. The van der Waals surface area contributed by atoms with Gasteiger partial charge in [0.25, 0.3) is 0 Å². The summed E-state index contributed by atoms with van der Waals surface area (Å²) in [6.07, 6.45) is 3.44. The number of Topliss-reactive ketones (excluding diaryl/α,β-unsaturated/α-hetero) is 1. The van der Waals surface area contributed by atoms with Gasteiger partial charge in [0, 0.05) is 6.42 Å². The lowest BCUT2D eigenvalue weighted by Crippen LogP contribution is -2.37. The molecule has 0 bridgehead atoms. The van der Waals surface area contributed by atoms with Crippen LogP contribution < -0.4 is 0 Å². The first-order valence-corrected chi connectivity index (χ1v) is 6.40. The van der Waals surface area contributed by atoms with E-state index in [-0.39, 0.29) is 5.78 Å². The molecule has 1 aromatic carbocycles. The van der Waals surface area contributed by atoms with Crippen LogP contribution in [0.3, 0.4) is 0 Å². The second kappa shape index (κ2) is 5.11. The molecule has 0 amide bonds. The van der Waals surface area contributed by atoms with Gasteiger partial charge < -0.3 is 4.74 Å². The van der Waals surface area contributed by atoms with Gasteiger partial charge in [-0.1, -0.05) is 30.3 Å². The van der Waals surface area contributed by atoms with E-state index in [2.05, 4.69) is 15.9 Å². The Morgan fingerprint density at radius 1 is 1.25 bits per heavy atom. The van der Waals surface area contributed by atoms with Gasteiger partial charge >= 0.3 is 0 Å². The van der Waals surface area contributed by atoms with E-state index < -0.39 is 4.51 Å². The second-order valence-corrected chi connectivity index (χ2v) is 5.41. The third kappa shape index (κ3) is 2.71. The van der Waals surface area contributed by atoms with Crippen molar-refractivity contribution in [1.82, 2.24) is 0 Å². The van der Waals surface area contributed by atoms with Gasteiger partial charge in [-0.15, -0.1) is 0 Å². The van der Waals surface area contributed by atoms with Crippen molar-refractivity contribution in [2.24, 2.45) is 0 Å². The van der Waals surface area contributed by atoms with Gasteiger partial charge in [0.1, 0.15) is 0 Å². The highest BCUT2D eigenvalue weighted by atomic mass is 79.9. The topological polar surface area (TPSA) is 26.3 Å². The van der Waals surface area contributed by atoms with Crippen molar-refractivity contribution >= 4 is 21.7 Å². The van der Waals surface area contributed by atoms with Crippen LogP contribution >= 0.6 is 15.9 Å². The number of benzene rings is 1. The summed E-state index contributed by atoms with van der Waals surface area (Å²) in [6, 6.07) is 9.93. The number of hydrogen-bond donors (Lipinski definition) is 0. The van der Waals surface area contributed by atoms with Gasteiger partial charge in [-0.2, -0.15) is 0 Å². The van der Waals surface area contributed by atoms with Crippen LogP contribution in [0, 0.1) is 0 Å². The quantitative estimate of drug-likeness (QED) is 0.794. The molecule has 0 spiro atoms. The molecule has 1 aliphatic carbocycles. The summed E-state index contributed by atoms with van der Waals surface area (Å²) in [5.74, 6) is 0.176. The number of halogens is 1. The molecule has 1 aliphatic rings. The van der Waals surface area contributed by atoms with E-state index in [0.717, 1.165) is 24.8 Å². The van der Waals surface area contributed by atoms with Crippen LogP contribution in [0.2, 0.25) is 0 Å². The lowest BCUT2D eigenvalue weighted by molar-refractivity contribution is -0.137. The van der Waals surface area contributed by atoms with Crippen molar-refractivity contribution in [2.45, 2.75) is 36.8 Å². The first-order valence-electron chi connectivity index (χ1n) is 5.61. The zero-order valence-corrected chi connectivity index (χ0v) is 10.7. The number of carbonyl (C=O) groups excluding carboxylic acids is 1. The van der Waals surface area contributed by atoms with Crippen molar-refractivity contribution < 1.29 is 9.53 Å². The highest BCUT2D eigenvalue weighted by molar-refractivity contribution is 9.10. The smallest absolute Gasteiger partial charge is 0.181 e. The van der Waals surface area contributed by atoms with Gasteiger partial charge in [0.15, 0.2) is 10.3 Å². The zero-order valence-electron chi connectivity index (χ0n) is 9.12. The fourth-order valence-corrected chi connectivity index (χ4v) is 2.48. The number of hydrogen-bond acceptors (Lipinski definition) is 2. The molecule has 1 saturated carbocycles. The molecule has 1 atom stereocenters. The Balaban J connectivity index is 1.96. The summed E-state index contributed by atoms with van der Waals surface area (Å²) >= 11 is 3.45. The predicted octanol–water partition coefficient (Wildman–Crippen LogP) is 3.44. The molecule has 2 nitrogen and oxygen atoms in total. The van der Waals surface area contributed by atoms with E-state index >= 15 is 0 Å². The SMILES string of the molecule is O=C1CCCCC1(Br)OCc1ccccc1. The Kier molecular flexibility index (Phi) is 3.77. The van der Waals surface area contributed by atoms with Crippen LogP contribution in [-0.4, -0.2) is 10.3 Å². The number of ketones is 1. The van der Waals surface area contributed by atoms with Gasteiger partial charge in [-0.25, -0.2) is 0 Å². The Hall–Kier alpha value is -0.670. The molecule has 2 rings (SSSR count). The second-order valence-electron chi connectivity index (χ2n) is 4.13. The van der Waals surface area contributed by atoms with Gasteiger partial charge in [-0.05, 0) is 40.8 Å². The molecule has 1 aromatic rings. The molecule has 0 radical (unpaired) electrons. The van der Waals surface area contributed by atoms with Crippen LogP contribution in [0.15, 0.2) is 30.3 Å². The number of alkyl halides is 1. The Morgan fingerprint density at radius 3 is 2.69 bits per heavy atom. The molecule has 0 heterocycles. The minimum Gasteiger partial charge on any atom is -0.352 e. The van der Waals surface area contributed by atoms with Crippen molar-refractivity contribution in [1.29, 1.82) is 0 Å². The predicted molar refractivity (Wildman–Crippen MR) is 66.4 cm³/mol. The fraction of sp³-hybridized carbons (Fsp3) is 0.462. The van der Waals surface area contributed by atoms with E-state index in [4.69, 9.17) is 4.74 Å². The minimum absolute atomic E-state index is 0.176. The average molecular weight is 283 g/mol. The monoisotopic (exact) mass is 282 g/mol. The van der Waals surface area contributed by atoms with E-state index in [1.807, 2.05) is 30.3 Å². The molecule has 1 fully saturated rings. The fourth-order valence-electron chi connectivity index (χ4n) is 1.89. The van der Waals surface area contributed by atoms with Gasteiger partial charge in [0.2, 0.25) is 0 Å². The Morgan fingerprint density at radius 2 is 2.00 bits per heavy atom. The Labute approximate surface area is 104 Å². The first-order chi connectivity index (χ1) is 7.71. The average Bonchev–Trinajstić information content (AvgIpc) is 2.32. The molecule has 0 saturated heterocycles. The first kappa shape index (κ1) is 11.8. The summed E-state index contributed by atoms with van der Waals surface area (Å²) in [6.45, 7) is 0.484. The minimum atomic E-state index is -0.735. The Bertz CT molecular complexity index is 363. The molecular formula is C13H15BrO2. The summed E-state index contributed by atoms with van der Waals surface area (Å²) in [5, 5.41) is 0. The van der Waals surface area contributed by atoms with E-state index in [1.54, 1.807) is 0 Å². The lowest BCUT2D eigenvalue weighted by Gasteiger charge is -2.30. The normalized spacial score (nSPS) is 25.7. The molecule has 86 valence electrons. The third-order valence-electron chi connectivity index (χ3n) is 2.88. The summed E-state index contributed by atoms with van der Waals surface area (Å²) in [4.78, 5) is 11.8. The van der Waals surface area contributed by atoms with Crippen molar-refractivity contribution in [3.63, 3.8) is 0 Å². The molecule has 3 heteroatoms. The molecule has 0 aliphatic heterocycles. The van der Waals surface area contributed by atoms with E-state index in [0.29, 0.717) is 13.0 Å². The van der Waals surface area contributed by atoms with Crippen LogP contribution in [0.4, 0.5) is 0 Å². The molecule has 0 N–H and O–H groups in total. The number of rotatable bonds is 3. The number of carbonyl (C=O) groups is 1. The highest BCUT2D eigenvalue weighted by Gasteiger charge is 2.38. The largest absolute Gasteiger partial charge is 0.352 e. The summed E-state index contributed by atoms with van der Waals surface area (Å²) in [5.41, 5.74) is 1.10. The van der Waals surface area contributed by atoms with Crippen molar-refractivity contribution in [3.05, 3.63) is 35.9 Å². The van der Waals surface area contributed by atoms with Gasteiger partial charge in [0.05, 0.1) is 6.61 Å². The van der Waals surface area contributed by atoms with Crippen molar-refractivity contribution in [2.75, 3.05) is 0 Å². The third-order valence-corrected chi connectivity index (χ3v) is 3.95. The molecule has 0 aromatic heterocycles. The standard InChI is InChI=1S/C13H15BrO2/c14-13(9-5-4-8-12(13)15)16-10-11-6-2-1-3-7-11/h1-3,6-7H,4-5,8-10H2. The van der Waals surface area contributed by atoms with E-state index in [9.17, 15) is 4.79 Å². The maximum atomic E-state index is 11.8. The highest BCUT2D eigenvalue weighted by Crippen LogP contribution is 2.34. The number of ether oxygens (including phenoxy) is 1. The maximum Gasteiger partial charge on any atom is 0.181 e. The molecule has 1 unspecified atom stereocenters. The summed E-state index contributed by atoms with van der Waals surface area (Å²) < 4.78 is 5.00. The summed E-state index contributed by atoms with van der Waals surface area (Å²) in [7, 11) is 0. The molecular weight excluding hydrogens is 268 g/mol. The van der Waals surface area contributed by atoms with Crippen LogP contribution in [0.1, 0.15) is 31.2 Å². The van der Waals surface area contributed by atoms with Crippen LogP contribution in [0.25, 0.3) is 0 Å². The van der Waals surface area contributed by atoms with E-state index in [1.165, 1.54) is 0 Å². The van der Waals surface area contributed by atoms with Crippen LogP contribution in [0.5, 0.6) is 0 Å².